The van der Waals surface area contributed by atoms with Crippen molar-refractivity contribution in [2.45, 2.75) is 12.5 Å². The van der Waals surface area contributed by atoms with Crippen molar-refractivity contribution in [3.05, 3.63) is 57.9 Å². The number of nitrogens with zero attached hydrogens (tertiary/aromatic N) is 1. The predicted octanol–water partition coefficient (Wildman–Crippen LogP) is 3.23. The van der Waals surface area contributed by atoms with Crippen molar-refractivity contribution in [2.24, 2.45) is 5.73 Å². The lowest BCUT2D eigenvalue weighted by Crippen LogP contribution is -2.15. The van der Waals surface area contributed by atoms with Gasteiger partial charge in [0.25, 0.3) is 0 Å². The SMILES string of the molecule is COc1ccc(CC(N)c2cc(Br)ccc2F)cn1. The van der Waals surface area contributed by atoms with Crippen molar-refractivity contribution in [3.8, 4) is 5.88 Å². The van der Waals surface area contributed by atoms with Gasteiger partial charge in [0.05, 0.1) is 7.11 Å². The molecule has 1 heterocycles. The molecule has 1 aromatic heterocycles. The van der Waals surface area contributed by atoms with Crippen LogP contribution in [-0.2, 0) is 6.42 Å². The molecule has 0 aliphatic heterocycles. The molecule has 2 N–H and O–H groups in total. The van der Waals surface area contributed by atoms with E-state index in [1.807, 2.05) is 6.07 Å². The van der Waals surface area contributed by atoms with Crippen molar-refractivity contribution in [1.82, 2.24) is 4.98 Å². The second-order valence-electron chi connectivity index (χ2n) is 4.19. The number of pyridine rings is 1. The molecule has 3 nitrogen and oxygen atoms in total. The average molecular weight is 325 g/mol. The lowest BCUT2D eigenvalue weighted by molar-refractivity contribution is 0.397. The predicted molar refractivity (Wildman–Crippen MR) is 75.5 cm³/mol. The zero-order valence-corrected chi connectivity index (χ0v) is 12.0. The number of hydrogen-bond donors (Lipinski definition) is 1. The first-order chi connectivity index (χ1) is 9.10. The van der Waals surface area contributed by atoms with E-state index in [4.69, 9.17) is 10.5 Å². The van der Waals surface area contributed by atoms with Gasteiger partial charge in [-0.25, -0.2) is 9.37 Å². The lowest BCUT2D eigenvalue weighted by atomic mass is 10.0. The summed E-state index contributed by atoms with van der Waals surface area (Å²) >= 11 is 3.32. The standard InChI is InChI=1S/C14H14BrFN2O/c1-19-14-5-2-9(8-18-14)6-13(17)11-7-10(15)3-4-12(11)16/h2-5,7-8,13H,6,17H2,1H3. The number of rotatable bonds is 4. The molecule has 0 spiro atoms. The molecule has 1 unspecified atom stereocenters. The molecule has 2 aromatic rings. The highest BCUT2D eigenvalue weighted by Gasteiger charge is 2.13. The van der Waals surface area contributed by atoms with Crippen LogP contribution in [0.2, 0.25) is 0 Å². The minimum absolute atomic E-state index is 0.294. The van der Waals surface area contributed by atoms with E-state index in [2.05, 4.69) is 20.9 Å². The largest absolute Gasteiger partial charge is 0.481 e. The van der Waals surface area contributed by atoms with Crippen LogP contribution < -0.4 is 10.5 Å². The van der Waals surface area contributed by atoms with Crippen LogP contribution in [0.1, 0.15) is 17.2 Å². The maximum absolute atomic E-state index is 13.7. The molecular weight excluding hydrogens is 311 g/mol. The number of methoxy groups -OCH3 is 1. The van der Waals surface area contributed by atoms with E-state index < -0.39 is 6.04 Å². The highest BCUT2D eigenvalue weighted by atomic mass is 79.9. The molecule has 100 valence electrons. The van der Waals surface area contributed by atoms with Gasteiger partial charge < -0.3 is 10.5 Å². The number of nitrogens with two attached hydrogens (primary N) is 1. The van der Waals surface area contributed by atoms with Crippen molar-refractivity contribution in [3.63, 3.8) is 0 Å². The fourth-order valence-corrected chi connectivity index (χ4v) is 2.19. The zero-order valence-electron chi connectivity index (χ0n) is 10.4. The van der Waals surface area contributed by atoms with E-state index in [-0.39, 0.29) is 5.82 Å². The van der Waals surface area contributed by atoms with Gasteiger partial charge in [-0.2, -0.15) is 0 Å². The van der Waals surface area contributed by atoms with Crippen LogP contribution in [0, 0.1) is 5.82 Å². The summed E-state index contributed by atoms with van der Waals surface area (Å²) in [5.41, 5.74) is 7.48. The third-order valence-electron chi connectivity index (χ3n) is 2.82. The summed E-state index contributed by atoms with van der Waals surface area (Å²) in [6, 6.07) is 8.00. The number of hydrogen-bond acceptors (Lipinski definition) is 3. The van der Waals surface area contributed by atoms with Crippen LogP contribution in [0.15, 0.2) is 41.0 Å². The smallest absolute Gasteiger partial charge is 0.212 e. The lowest BCUT2D eigenvalue weighted by Gasteiger charge is -2.13. The molecule has 2 rings (SSSR count). The molecule has 1 atom stereocenters. The van der Waals surface area contributed by atoms with Crippen LogP contribution >= 0.6 is 15.9 Å². The Labute approximate surface area is 119 Å². The molecular formula is C14H14BrFN2O. The van der Waals surface area contributed by atoms with Crippen molar-refractivity contribution < 1.29 is 9.13 Å². The van der Waals surface area contributed by atoms with Crippen LogP contribution in [0.4, 0.5) is 4.39 Å². The summed E-state index contributed by atoms with van der Waals surface area (Å²) in [5, 5.41) is 0. The fourth-order valence-electron chi connectivity index (χ4n) is 1.82. The molecule has 1 aromatic carbocycles. The third-order valence-corrected chi connectivity index (χ3v) is 3.31. The van der Waals surface area contributed by atoms with Crippen molar-refractivity contribution >= 4 is 15.9 Å². The average Bonchev–Trinajstić information content (AvgIpc) is 2.42. The van der Waals surface area contributed by atoms with Gasteiger partial charge in [0.2, 0.25) is 5.88 Å². The molecule has 0 bridgehead atoms. The first-order valence-corrected chi connectivity index (χ1v) is 6.59. The molecule has 5 heteroatoms. The summed E-state index contributed by atoms with van der Waals surface area (Å²) < 4.78 is 19.5. The Morgan fingerprint density at radius 1 is 1.37 bits per heavy atom. The zero-order chi connectivity index (χ0) is 13.8. The summed E-state index contributed by atoms with van der Waals surface area (Å²) in [4.78, 5) is 4.10. The highest BCUT2D eigenvalue weighted by Crippen LogP contribution is 2.23. The first kappa shape index (κ1) is 14.0. The van der Waals surface area contributed by atoms with Gasteiger partial charge in [0.1, 0.15) is 5.82 Å². The van der Waals surface area contributed by atoms with Gasteiger partial charge in [0, 0.05) is 28.3 Å². The quantitative estimate of drug-likeness (QED) is 0.939. The first-order valence-electron chi connectivity index (χ1n) is 5.79. The maximum atomic E-state index is 13.7. The minimum Gasteiger partial charge on any atom is -0.481 e. The topological polar surface area (TPSA) is 48.1 Å². The van der Waals surface area contributed by atoms with Crippen LogP contribution in [-0.4, -0.2) is 12.1 Å². The van der Waals surface area contributed by atoms with Crippen LogP contribution in [0.25, 0.3) is 0 Å². The van der Waals surface area contributed by atoms with E-state index in [0.29, 0.717) is 17.9 Å². The Bertz CT molecular complexity index is 560. The molecule has 19 heavy (non-hydrogen) atoms. The van der Waals surface area contributed by atoms with Gasteiger partial charge in [-0.05, 0) is 30.2 Å². The summed E-state index contributed by atoms with van der Waals surface area (Å²) in [7, 11) is 1.56. The number of benzene rings is 1. The van der Waals surface area contributed by atoms with Gasteiger partial charge in [0.15, 0.2) is 0 Å². The number of ether oxygens (including phenoxy) is 1. The molecule has 0 saturated heterocycles. The van der Waals surface area contributed by atoms with Gasteiger partial charge in [-0.15, -0.1) is 0 Å². The Hall–Kier alpha value is -1.46. The third kappa shape index (κ3) is 3.52. The molecule has 0 aliphatic rings. The summed E-state index contributed by atoms with van der Waals surface area (Å²) in [6.45, 7) is 0. The summed E-state index contributed by atoms with van der Waals surface area (Å²) in [6.07, 6.45) is 2.21. The second kappa shape index (κ2) is 6.12. The second-order valence-corrected chi connectivity index (χ2v) is 5.10. The fraction of sp³-hybridized carbons (Fsp3) is 0.214. The molecule has 0 radical (unpaired) electrons. The van der Waals surface area contributed by atoms with Crippen LogP contribution in [0.5, 0.6) is 5.88 Å². The van der Waals surface area contributed by atoms with E-state index >= 15 is 0 Å². The van der Waals surface area contributed by atoms with Gasteiger partial charge >= 0.3 is 0 Å². The normalized spacial score (nSPS) is 12.2. The molecule has 0 fully saturated rings. The van der Waals surface area contributed by atoms with E-state index in [1.165, 1.54) is 6.07 Å². The summed E-state index contributed by atoms with van der Waals surface area (Å²) in [5.74, 6) is 0.253. The Kier molecular flexibility index (Phi) is 4.50. The number of aromatic nitrogens is 1. The molecule has 0 aliphatic carbocycles. The Morgan fingerprint density at radius 2 is 2.16 bits per heavy atom. The van der Waals surface area contributed by atoms with Crippen molar-refractivity contribution in [1.29, 1.82) is 0 Å². The van der Waals surface area contributed by atoms with Gasteiger partial charge in [-0.1, -0.05) is 22.0 Å². The monoisotopic (exact) mass is 324 g/mol. The van der Waals surface area contributed by atoms with Crippen LogP contribution in [0.3, 0.4) is 0 Å². The highest BCUT2D eigenvalue weighted by molar-refractivity contribution is 9.10. The maximum Gasteiger partial charge on any atom is 0.212 e. The minimum atomic E-state index is -0.410. The Balaban J connectivity index is 2.15. The van der Waals surface area contributed by atoms with E-state index in [9.17, 15) is 4.39 Å². The Morgan fingerprint density at radius 3 is 2.79 bits per heavy atom. The molecule has 0 amide bonds. The van der Waals surface area contributed by atoms with Crippen molar-refractivity contribution in [2.75, 3.05) is 7.11 Å². The van der Waals surface area contributed by atoms with E-state index in [0.717, 1.165) is 10.0 Å². The van der Waals surface area contributed by atoms with Gasteiger partial charge in [-0.3, -0.25) is 0 Å². The molecule has 0 saturated carbocycles. The van der Waals surface area contributed by atoms with E-state index in [1.54, 1.807) is 31.5 Å². The number of halogens is 2.